The highest BCUT2D eigenvalue weighted by Gasteiger charge is 2.36. The van der Waals surface area contributed by atoms with Crippen LogP contribution < -0.4 is 5.32 Å². The number of hydrogen-bond donors (Lipinski definition) is 2. The summed E-state index contributed by atoms with van der Waals surface area (Å²) in [6, 6.07) is 9.49. The summed E-state index contributed by atoms with van der Waals surface area (Å²) in [5, 5.41) is 12.7. The van der Waals surface area contributed by atoms with E-state index in [2.05, 4.69) is 5.32 Å². The van der Waals surface area contributed by atoms with Crippen molar-refractivity contribution in [2.45, 2.75) is 39.5 Å². The number of amides is 1. The lowest BCUT2D eigenvalue weighted by atomic mass is 9.78. The third kappa shape index (κ3) is 4.50. The van der Waals surface area contributed by atoms with Crippen LogP contribution in [0.25, 0.3) is 11.1 Å². The third-order valence-corrected chi connectivity index (χ3v) is 6.30. The Morgan fingerprint density at radius 3 is 2.41 bits per heavy atom. The van der Waals surface area contributed by atoms with Gasteiger partial charge in [0.2, 0.25) is 5.91 Å². The fourth-order valence-electron chi connectivity index (χ4n) is 3.93. The van der Waals surface area contributed by atoms with Gasteiger partial charge in [0.1, 0.15) is 10.6 Å². The predicted molar refractivity (Wildman–Crippen MR) is 112 cm³/mol. The number of hydrogen-bond acceptors (Lipinski definition) is 5. The van der Waals surface area contributed by atoms with Gasteiger partial charge in [-0.05, 0) is 32.3 Å². The molecule has 154 valence electrons. The van der Waals surface area contributed by atoms with Gasteiger partial charge in [0, 0.05) is 10.4 Å². The number of thiophene rings is 1. The minimum Gasteiger partial charge on any atom is -0.481 e. The second kappa shape index (κ2) is 9.22. The Balaban J connectivity index is 1.97. The first-order valence-electron chi connectivity index (χ1n) is 9.83. The largest absolute Gasteiger partial charge is 0.481 e. The average Bonchev–Trinajstić information content (AvgIpc) is 3.04. The Kier molecular flexibility index (Phi) is 6.69. The molecule has 7 heteroatoms. The number of carboxylic acid groups (broad SMARTS) is 1. The molecule has 1 amide bonds. The molecule has 6 nitrogen and oxygen atoms in total. The number of rotatable bonds is 6. The number of aliphatic carboxylic acids is 1. The maximum Gasteiger partial charge on any atom is 0.341 e. The number of carboxylic acids is 1. The highest BCUT2D eigenvalue weighted by molar-refractivity contribution is 7.17. The molecular formula is C22H25NO5S. The van der Waals surface area contributed by atoms with E-state index in [0.29, 0.717) is 23.4 Å². The van der Waals surface area contributed by atoms with Gasteiger partial charge in [-0.3, -0.25) is 9.59 Å². The first-order chi connectivity index (χ1) is 13.9. The molecule has 3 rings (SSSR count). The summed E-state index contributed by atoms with van der Waals surface area (Å²) >= 11 is 1.31. The van der Waals surface area contributed by atoms with Gasteiger partial charge in [-0.2, -0.15) is 0 Å². The van der Waals surface area contributed by atoms with Crippen molar-refractivity contribution in [2.24, 2.45) is 11.8 Å². The number of esters is 1. The van der Waals surface area contributed by atoms with Gasteiger partial charge in [0.15, 0.2) is 0 Å². The molecule has 0 bridgehead atoms. The SMILES string of the molecule is CCOC(=O)c1c(NC(=O)C2CCCCC2C(=O)O)sc(C)c1-c1ccccc1. The molecule has 1 aromatic carbocycles. The van der Waals surface area contributed by atoms with Gasteiger partial charge in [-0.15, -0.1) is 11.3 Å². The van der Waals surface area contributed by atoms with Crippen molar-refractivity contribution in [2.75, 3.05) is 11.9 Å². The van der Waals surface area contributed by atoms with Crippen molar-refractivity contribution < 1.29 is 24.2 Å². The van der Waals surface area contributed by atoms with Crippen molar-refractivity contribution >= 4 is 34.2 Å². The molecule has 29 heavy (non-hydrogen) atoms. The number of benzene rings is 1. The van der Waals surface area contributed by atoms with Gasteiger partial charge in [0.05, 0.1) is 18.4 Å². The summed E-state index contributed by atoms with van der Waals surface area (Å²) < 4.78 is 5.25. The lowest BCUT2D eigenvalue weighted by Crippen LogP contribution is -2.36. The van der Waals surface area contributed by atoms with Crippen molar-refractivity contribution in [1.29, 1.82) is 0 Å². The summed E-state index contributed by atoms with van der Waals surface area (Å²) in [6.07, 6.45) is 2.67. The highest BCUT2D eigenvalue weighted by Crippen LogP contribution is 2.41. The Labute approximate surface area is 173 Å². The Morgan fingerprint density at radius 2 is 1.79 bits per heavy atom. The average molecular weight is 416 g/mol. The number of aryl methyl sites for hydroxylation is 1. The zero-order valence-corrected chi connectivity index (χ0v) is 17.4. The molecule has 2 aromatic rings. The maximum atomic E-state index is 13.0. The van der Waals surface area contributed by atoms with E-state index in [-0.39, 0.29) is 12.5 Å². The van der Waals surface area contributed by atoms with Gasteiger partial charge in [-0.25, -0.2) is 4.79 Å². The van der Waals surface area contributed by atoms with Gasteiger partial charge >= 0.3 is 11.9 Å². The standard InChI is InChI=1S/C22H25NO5S/c1-3-28-22(27)18-17(14-9-5-4-6-10-14)13(2)29-20(18)23-19(24)15-11-7-8-12-16(15)21(25)26/h4-6,9-10,15-16H,3,7-8,11-12H2,1-2H3,(H,23,24)(H,25,26). The molecule has 2 atom stereocenters. The smallest absolute Gasteiger partial charge is 0.341 e. The minimum atomic E-state index is -0.942. The van der Waals surface area contributed by atoms with E-state index >= 15 is 0 Å². The number of nitrogens with one attached hydrogen (secondary N) is 1. The first kappa shape index (κ1) is 21.0. The molecule has 2 N–H and O–H groups in total. The van der Waals surface area contributed by atoms with Crippen LogP contribution in [0.2, 0.25) is 0 Å². The lowest BCUT2D eigenvalue weighted by Gasteiger charge is -2.27. The van der Waals surface area contributed by atoms with Crippen LogP contribution in [0.4, 0.5) is 5.00 Å². The van der Waals surface area contributed by atoms with Crippen LogP contribution in [0.3, 0.4) is 0 Å². The van der Waals surface area contributed by atoms with Crippen molar-refractivity contribution in [3.63, 3.8) is 0 Å². The van der Waals surface area contributed by atoms with Crippen LogP contribution >= 0.6 is 11.3 Å². The molecule has 1 aliphatic rings. The van der Waals surface area contributed by atoms with E-state index in [1.807, 2.05) is 37.3 Å². The zero-order chi connectivity index (χ0) is 21.0. The van der Waals surface area contributed by atoms with Crippen molar-refractivity contribution in [3.8, 4) is 11.1 Å². The van der Waals surface area contributed by atoms with E-state index in [0.717, 1.165) is 28.8 Å². The molecule has 1 fully saturated rings. The number of anilines is 1. The Bertz CT molecular complexity index is 905. The maximum absolute atomic E-state index is 13.0. The van der Waals surface area contributed by atoms with Gasteiger partial charge in [0.25, 0.3) is 0 Å². The molecule has 1 aromatic heterocycles. The first-order valence-corrected chi connectivity index (χ1v) is 10.6. The molecular weight excluding hydrogens is 390 g/mol. The summed E-state index contributed by atoms with van der Waals surface area (Å²) in [4.78, 5) is 38.2. The number of carbonyl (C=O) groups excluding carboxylic acids is 2. The Morgan fingerprint density at radius 1 is 1.14 bits per heavy atom. The summed E-state index contributed by atoms with van der Waals surface area (Å²) in [7, 11) is 0. The molecule has 0 radical (unpaired) electrons. The fourth-order valence-corrected chi connectivity index (χ4v) is 5.00. The van der Waals surface area contributed by atoms with Crippen molar-refractivity contribution in [1.82, 2.24) is 0 Å². The van der Waals surface area contributed by atoms with Crippen LogP contribution in [0.5, 0.6) is 0 Å². The van der Waals surface area contributed by atoms with Crippen LogP contribution in [0.1, 0.15) is 47.8 Å². The third-order valence-electron chi connectivity index (χ3n) is 5.28. The highest BCUT2D eigenvalue weighted by atomic mass is 32.1. The lowest BCUT2D eigenvalue weighted by molar-refractivity contribution is -0.147. The van der Waals surface area contributed by atoms with Crippen LogP contribution in [0, 0.1) is 18.8 Å². The Hall–Kier alpha value is -2.67. The molecule has 2 unspecified atom stereocenters. The topological polar surface area (TPSA) is 92.7 Å². The van der Waals surface area contributed by atoms with Crippen LogP contribution in [-0.2, 0) is 14.3 Å². The van der Waals surface area contributed by atoms with Gasteiger partial charge in [-0.1, -0.05) is 43.2 Å². The molecule has 1 heterocycles. The predicted octanol–water partition coefficient (Wildman–Crippen LogP) is 4.73. The van der Waals surface area contributed by atoms with Crippen LogP contribution in [-0.4, -0.2) is 29.6 Å². The monoisotopic (exact) mass is 415 g/mol. The minimum absolute atomic E-state index is 0.221. The molecule has 1 saturated carbocycles. The summed E-state index contributed by atoms with van der Waals surface area (Å²) in [5.41, 5.74) is 1.94. The van der Waals surface area contributed by atoms with E-state index in [9.17, 15) is 19.5 Å². The number of ether oxygens (including phenoxy) is 1. The molecule has 0 aliphatic heterocycles. The fraction of sp³-hybridized carbons (Fsp3) is 0.409. The van der Waals surface area contributed by atoms with E-state index < -0.39 is 23.8 Å². The van der Waals surface area contributed by atoms with Crippen LogP contribution in [0.15, 0.2) is 30.3 Å². The number of carbonyl (C=O) groups is 3. The second-order valence-corrected chi connectivity index (χ2v) is 8.37. The molecule has 0 spiro atoms. The second-order valence-electron chi connectivity index (χ2n) is 7.15. The van der Waals surface area contributed by atoms with E-state index in [1.165, 1.54) is 11.3 Å². The van der Waals surface area contributed by atoms with Crippen molar-refractivity contribution in [3.05, 3.63) is 40.8 Å². The molecule has 1 aliphatic carbocycles. The summed E-state index contributed by atoms with van der Waals surface area (Å²) in [6.45, 7) is 3.85. The quantitative estimate of drug-likeness (QED) is 0.666. The normalized spacial score (nSPS) is 18.8. The molecule has 0 saturated heterocycles. The van der Waals surface area contributed by atoms with Gasteiger partial charge < -0.3 is 15.2 Å². The zero-order valence-electron chi connectivity index (χ0n) is 16.6. The van der Waals surface area contributed by atoms with E-state index in [1.54, 1.807) is 6.92 Å². The van der Waals surface area contributed by atoms with E-state index in [4.69, 9.17) is 4.74 Å². The summed E-state index contributed by atoms with van der Waals surface area (Å²) in [5.74, 6) is -3.07.